The van der Waals surface area contributed by atoms with Crippen LogP contribution in [0.4, 0.5) is 5.69 Å². The quantitative estimate of drug-likeness (QED) is 0.465. The zero-order valence-corrected chi connectivity index (χ0v) is 15.0. The molecule has 0 unspecified atom stereocenters. The van der Waals surface area contributed by atoms with Gasteiger partial charge in [0.05, 0.1) is 34.7 Å². The van der Waals surface area contributed by atoms with Crippen LogP contribution in [0.25, 0.3) is 0 Å². The summed E-state index contributed by atoms with van der Waals surface area (Å²) in [5.41, 5.74) is 0.570. The van der Waals surface area contributed by atoms with Crippen molar-refractivity contribution in [1.82, 2.24) is 0 Å². The van der Waals surface area contributed by atoms with Crippen molar-refractivity contribution in [2.75, 3.05) is 11.5 Å². The van der Waals surface area contributed by atoms with Gasteiger partial charge in [-0.05, 0) is 55.2 Å². The molecule has 5 nitrogen and oxygen atoms in total. The van der Waals surface area contributed by atoms with Crippen LogP contribution >= 0.6 is 11.6 Å². The molecule has 26 heavy (non-hydrogen) atoms. The number of imide groups is 1. The van der Waals surface area contributed by atoms with Crippen molar-refractivity contribution >= 4 is 35.1 Å². The van der Waals surface area contributed by atoms with Crippen LogP contribution < -0.4 is 4.90 Å². The standard InChI is InChI=1S/C20H18ClNO4/c1-2-26-20(25)14-7-9(3-6-15(14)21)22-18(23)16-10-4-5-11(13-8-12(10)13)17(16)19(22)24/h3-7,10-13,16-17H,2,8H2,1H3/t10-,11-,12-,13+,16-,17-/m1/s1. The van der Waals surface area contributed by atoms with Gasteiger partial charge in [-0.25, -0.2) is 9.69 Å². The SMILES string of the molecule is CCOC(=O)c1cc(N2C(=O)[C@@H]3[C@@H]4C=C[C@H]([C@@H]5C[C@H]45)[C@H]3C2=O)ccc1Cl. The van der Waals surface area contributed by atoms with E-state index in [4.69, 9.17) is 16.3 Å². The van der Waals surface area contributed by atoms with E-state index in [1.807, 2.05) is 0 Å². The number of benzene rings is 1. The number of hydrogen-bond donors (Lipinski definition) is 0. The summed E-state index contributed by atoms with van der Waals surface area (Å²) in [7, 11) is 0. The molecule has 6 heteroatoms. The third-order valence-corrected chi connectivity index (χ3v) is 6.70. The normalized spacial score (nSPS) is 36.2. The number of anilines is 1. The first-order chi connectivity index (χ1) is 12.5. The minimum absolute atomic E-state index is 0.151. The molecule has 0 spiro atoms. The Balaban J connectivity index is 1.52. The van der Waals surface area contributed by atoms with Crippen molar-refractivity contribution < 1.29 is 19.1 Å². The van der Waals surface area contributed by atoms with Gasteiger partial charge in [-0.3, -0.25) is 9.59 Å². The van der Waals surface area contributed by atoms with Crippen LogP contribution in [0.2, 0.25) is 5.02 Å². The van der Waals surface area contributed by atoms with E-state index in [2.05, 4.69) is 12.2 Å². The molecule has 1 aromatic rings. The monoisotopic (exact) mass is 371 g/mol. The van der Waals surface area contributed by atoms with E-state index in [0.29, 0.717) is 17.5 Å². The smallest absolute Gasteiger partial charge is 0.339 e. The molecule has 3 fully saturated rings. The molecule has 0 radical (unpaired) electrons. The maximum Gasteiger partial charge on any atom is 0.339 e. The number of halogens is 1. The van der Waals surface area contributed by atoms with Crippen LogP contribution in [0, 0.1) is 35.5 Å². The van der Waals surface area contributed by atoms with E-state index >= 15 is 0 Å². The van der Waals surface area contributed by atoms with Crippen LogP contribution in [0.1, 0.15) is 23.7 Å². The van der Waals surface area contributed by atoms with Crippen LogP contribution in [0.5, 0.6) is 0 Å². The van der Waals surface area contributed by atoms with Gasteiger partial charge in [0.1, 0.15) is 0 Å². The third kappa shape index (κ3) is 2.01. The van der Waals surface area contributed by atoms with Gasteiger partial charge in [0, 0.05) is 0 Å². The van der Waals surface area contributed by atoms with E-state index in [1.165, 1.54) is 17.0 Å². The highest BCUT2D eigenvalue weighted by molar-refractivity contribution is 6.34. The molecule has 0 aromatic heterocycles. The Hall–Kier alpha value is -2.14. The van der Waals surface area contributed by atoms with Gasteiger partial charge in [0.25, 0.3) is 0 Å². The van der Waals surface area contributed by atoms with E-state index in [-0.39, 0.29) is 52.7 Å². The lowest BCUT2D eigenvalue weighted by Crippen LogP contribution is -2.40. The number of nitrogens with zero attached hydrogens (tertiary/aromatic N) is 1. The Morgan fingerprint density at radius 1 is 1.15 bits per heavy atom. The largest absolute Gasteiger partial charge is 0.462 e. The van der Waals surface area contributed by atoms with Gasteiger partial charge in [0.15, 0.2) is 0 Å². The molecule has 134 valence electrons. The van der Waals surface area contributed by atoms with Crippen LogP contribution in [-0.4, -0.2) is 24.4 Å². The molecule has 5 aliphatic rings. The predicted octanol–water partition coefficient (Wildman–Crippen LogP) is 3.07. The van der Waals surface area contributed by atoms with Gasteiger partial charge < -0.3 is 4.74 Å². The van der Waals surface area contributed by atoms with Gasteiger partial charge >= 0.3 is 5.97 Å². The third-order valence-electron chi connectivity index (χ3n) is 6.37. The Morgan fingerprint density at radius 2 is 1.77 bits per heavy atom. The van der Waals surface area contributed by atoms with Crippen molar-refractivity contribution in [2.24, 2.45) is 35.5 Å². The Kier molecular flexibility index (Phi) is 3.35. The summed E-state index contributed by atoms with van der Waals surface area (Å²) in [5.74, 6) is 0.0847. The zero-order chi connectivity index (χ0) is 18.2. The van der Waals surface area contributed by atoms with E-state index in [9.17, 15) is 14.4 Å². The molecule has 0 N–H and O–H groups in total. The Bertz CT molecular complexity index is 843. The topological polar surface area (TPSA) is 63.7 Å². The Morgan fingerprint density at radius 3 is 2.35 bits per heavy atom. The van der Waals surface area contributed by atoms with Crippen molar-refractivity contribution in [1.29, 1.82) is 0 Å². The second kappa shape index (κ2) is 5.43. The van der Waals surface area contributed by atoms with Crippen molar-refractivity contribution in [3.8, 4) is 0 Å². The maximum absolute atomic E-state index is 13.1. The zero-order valence-electron chi connectivity index (χ0n) is 14.2. The molecule has 1 saturated heterocycles. The number of esters is 1. The first-order valence-corrected chi connectivity index (χ1v) is 9.43. The highest BCUT2D eigenvalue weighted by atomic mass is 35.5. The molecule has 2 amide bonds. The fourth-order valence-electron chi connectivity index (χ4n) is 5.23. The summed E-state index contributed by atoms with van der Waals surface area (Å²) in [4.78, 5) is 39.6. The number of ether oxygens (including phenoxy) is 1. The van der Waals surface area contributed by atoms with Gasteiger partial charge in [-0.1, -0.05) is 23.8 Å². The lowest BCUT2D eigenvalue weighted by Gasteiger charge is -2.37. The second-order valence-electron chi connectivity index (χ2n) is 7.55. The summed E-state index contributed by atoms with van der Waals surface area (Å²) in [6, 6.07) is 4.65. The number of amides is 2. The number of carbonyl (C=O) groups is 3. The summed E-state index contributed by atoms with van der Waals surface area (Å²) in [6.45, 7) is 1.94. The molecule has 1 aliphatic heterocycles. The molecular weight excluding hydrogens is 354 g/mol. The second-order valence-corrected chi connectivity index (χ2v) is 7.96. The molecule has 1 heterocycles. The molecule has 2 saturated carbocycles. The lowest BCUT2D eigenvalue weighted by atomic mass is 9.63. The minimum Gasteiger partial charge on any atom is -0.462 e. The molecule has 2 bridgehead atoms. The number of rotatable bonds is 3. The average molecular weight is 372 g/mol. The Labute approximate surface area is 155 Å². The van der Waals surface area contributed by atoms with Gasteiger partial charge in [-0.15, -0.1) is 0 Å². The summed E-state index contributed by atoms with van der Waals surface area (Å²) in [6.07, 6.45) is 5.41. The fourth-order valence-corrected chi connectivity index (χ4v) is 5.42. The lowest BCUT2D eigenvalue weighted by molar-refractivity contribution is -0.124. The number of carbonyl (C=O) groups excluding carboxylic acids is 3. The molecule has 6 atom stereocenters. The summed E-state index contributed by atoms with van der Waals surface area (Å²) < 4.78 is 5.02. The summed E-state index contributed by atoms with van der Waals surface area (Å²) in [5, 5.41) is 0.242. The summed E-state index contributed by atoms with van der Waals surface area (Å²) >= 11 is 6.11. The predicted molar refractivity (Wildman–Crippen MR) is 94.6 cm³/mol. The van der Waals surface area contributed by atoms with E-state index in [1.54, 1.807) is 13.0 Å². The van der Waals surface area contributed by atoms with E-state index < -0.39 is 5.97 Å². The number of hydrogen-bond acceptors (Lipinski definition) is 4. The maximum atomic E-state index is 13.1. The van der Waals surface area contributed by atoms with Crippen molar-refractivity contribution in [3.05, 3.63) is 40.9 Å². The molecule has 6 rings (SSSR count). The highest BCUT2D eigenvalue weighted by Crippen LogP contribution is 2.65. The van der Waals surface area contributed by atoms with Gasteiger partial charge in [-0.2, -0.15) is 0 Å². The van der Waals surface area contributed by atoms with Gasteiger partial charge in [0.2, 0.25) is 11.8 Å². The van der Waals surface area contributed by atoms with Crippen molar-refractivity contribution in [2.45, 2.75) is 13.3 Å². The molecular formula is C20H18ClNO4. The van der Waals surface area contributed by atoms with E-state index in [0.717, 1.165) is 6.42 Å². The molecule has 4 aliphatic carbocycles. The first-order valence-electron chi connectivity index (χ1n) is 9.05. The molecule has 1 aromatic carbocycles. The fraction of sp³-hybridized carbons (Fsp3) is 0.450. The van der Waals surface area contributed by atoms with Crippen molar-refractivity contribution in [3.63, 3.8) is 0 Å². The van der Waals surface area contributed by atoms with Crippen LogP contribution in [-0.2, 0) is 14.3 Å². The first kappa shape index (κ1) is 16.1. The van der Waals surface area contributed by atoms with Crippen LogP contribution in [0.15, 0.2) is 30.4 Å². The highest BCUT2D eigenvalue weighted by Gasteiger charge is 2.67. The van der Waals surface area contributed by atoms with Crippen LogP contribution in [0.3, 0.4) is 0 Å². The number of allylic oxidation sites excluding steroid dienone is 2. The minimum atomic E-state index is -0.557. The average Bonchev–Trinajstić information content (AvgIpc) is 3.40.